The third kappa shape index (κ3) is 4.70. The summed E-state index contributed by atoms with van der Waals surface area (Å²) in [4.78, 5) is 16.7. The van der Waals surface area contributed by atoms with Crippen LogP contribution in [-0.4, -0.2) is 56.9 Å². The molecule has 0 aromatic heterocycles. The molecule has 1 fully saturated rings. The predicted molar refractivity (Wildman–Crippen MR) is 103 cm³/mol. The van der Waals surface area contributed by atoms with E-state index in [9.17, 15) is 4.79 Å². The first kappa shape index (κ1) is 19.0. The first-order valence-corrected chi connectivity index (χ1v) is 9.22. The molecule has 0 aliphatic carbocycles. The molecule has 2 heterocycles. The molecule has 0 radical (unpaired) electrons. The van der Waals surface area contributed by atoms with Gasteiger partial charge < -0.3 is 19.3 Å². The Hall–Kier alpha value is -2.75. The quantitative estimate of drug-likeness (QED) is 0.660. The van der Waals surface area contributed by atoms with E-state index >= 15 is 0 Å². The van der Waals surface area contributed by atoms with E-state index in [0.717, 1.165) is 36.7 Å². The Morgan fingerprint density at radius 3 is 2.26 bits per heavy atom. The highest BCUT2D eigenvalue weighted by atomic mass is 16.5. The van der Waals surface area contributed by atoms with Crippen molar-refractivity contribution in [1.82, 2.24) is 4.90 Å². The smallest absolute Gasteiger partial charge is 0.222 e. The van der Waals surface area contributed by atoms with E-state index in [-0.39, 0.29) is 11.6 Å². The van der Waals surface area contributed by atoms with Crippen LogP contribution in [0.4, 0.5) is 5.69 Å². The van der Waals surface area contributed by atoms with Crippen molar-refractivity contribution in [3.05, 3.63) is 18.2 Å². The van der Waals surface area contributed by atoms with Crippen LogP contribution in [0.1, 0.15) is 25.7 Å². The lowest BCUT2D eigenvalue weighted by molar-refractivity contribution is -0.131. The SMILES string of the molecule is C#CCCC1(CCC(=O)N2CCN(c3cc(OC)cc(OC)c3)CC2)N=N1. The average molecular weight is 370 g/mol. The van der Waals surface area contributed by atoms with Crippen molar-refractivity contribution in [1.29, 1.82) is 0 Å². The number of carbonyl (C=O) groups excluding carboxylic acids is 1. The van der Waals surface area contributed by atoms with Crippen LogP contribution in [0.2, 0.25) is 0 Å². The number of nitrogens with zero attached hydrogens (tertiary/aromatic N) is 4. The van der Waals surface area contributed by atoms with Crippen LogP contribution in [0.25, 0.3) is 0 Å². The number of amides is 1. The zero-order valence-electron chi connectivity index (χ0n) is 16.0. The Labute approximate surface area is 160 Å². The van der Waals surface area contributed by atoms with Gasteiger partial charge in [0.1, 0.15) is 11.5 Å². The summed E-state index contributed by atoms with van der Waals surface area (Å²) in [5.41, 5.74) is 0.656. The maximum atomic E-state index is 12.5. The molecule has 0 saturated carbocycles. The molecule has 0 spiro atoms. The summed E-state index contributed by atoms with van der Waals surface area (Å²) in [6.07, 6.45) is 7.80. The Balaban J connectivity index is 1.50. The number of terminal acetylenes is 1. The molecule has 1 saturated heterocycles. The molecular formula is C20H26N4O3. The van der Waals surface area contributed by atoms with Gasteiger partial charge in [0.25, 0.3) is 0 Å². The maximum absolute atomic E-state index is 12.5. The fourth-order valence-corrected chi connectivity index (χ4v) is 3.32. The van der Waals surface area contributed by atoms with Crippen molar-refractivity contribution >= 4 is 11.6 Å². The fourth-order valence-electron chi connectivity index (χ4n) is 3.32. The van der Waals surface area contributed by atoms with Crippen LogP contribution in [0.15, 0.2) is 28.4 Å². The molecule has 0 bridgehead atoms. The molecule has 27 heavy (non-hydrogen) atoms. The Morgan fingerprint density at radius 1 is 1.11 bits per heavy atom. The van der Waals surface area contributed by atoms with Gasteiger partial charge in [-0.25, -0.2) is 0 Å². The zero-order valence-corrected chi connectivity index (χ0v) is 16.0. The molecule has 0 unspecified atom stereocenters. The minimum atomic E-state index is -0.388. The summed E-state index contributed by atoms with van der Waals surface area (Å²) >= 11 is 0. The Kier molecular flexibility index (Phi) is 5.84. The molecule has 3 rings (SSSR count). The fraction of sp³-hybridized carbons (Fsp3) is 0.550. The molecule has 1 amide bonds. The second kappa shape index (κ2) is 8.30. The number of carbonyl (C=O) groups is 1. The predicted octanol–water partition coefficient (Wildman–Crippen LogP) is 2.71. The highest BCUT2D eigenvalue weighted by molar-refractivity contribution is 5.76. The lowest BCUT2D eigenvalue weighted by Gasteiger charge is -2.36. The Morgan fingerprint density at radius 2 is 1.74 bits per heavy atom. The standard InChI is InChI=1S/C20H26N4O3/c1-4-5-7-20(21-22-20)8-6-19(25)24-11-9-23(10-12-24)16-13-17(26-2)15-18(14-16)27-3/h1,13-15H,5-12H2,2-3H3. The first-order valence-electron chi connectivity index (χ1n) is 9.22. The number of anilines is 1. The van der Waals surface area contributed by atoms with Crippen molar-refractivity contribution < 1.29 is 14.3 Å². The summed E-state index contributed by atoms with van der Waals surface area (Å²) in [6.45, 7) is 2.95. The van der Waals surface area contributed by atoms with E-state index < -0.39 is 0 Å². The molecule has 7 heteroatoms. The summed E-state index contributed by atoms with van der Waals surface area (Å²) in [7, 11) is 3.29. The number of rotatable bonds is 8. The highest BCUT2D eigenvalue weighted by Gasteiger charge is 2.39. The molecular weight excluding hydrogens is 344 g/mol. The van der Waals surface area contributed by atoms with Gasteiger partial charge in [-0.15, -0.1) is 12.3 Å². The van der Waals surface area contributed by atoms with Gasteiger partial charge in [0, 0.05) is 75.7 Å². The van der Waals surface area contributed by atoms with Gasteiger partial charge in [0.15, 0.2) is 5.66 Å². The van der Waals surface area contributed by atoms with Gasteiger partial charge in [-0.1, -0.05) is 0 Å². The maximum Gasteiger partial charge on any atom is 0.222 e. The molecule has 0 atom stereocenters. The summed E-state index contributed by atoms with van der Waals surface area (Å²) < 4.78 is 10.7. The minimum Gasteiger partial charge on any atom is -0.497 e. The summed E-state index contributed by atoms with van der Waals surface area (Å²) in [6, 6.07) is 5.84. The molecule has 7 nitrogen and oxygen atoms in total. The van der Waals surface area contributed by atoms with Gasteiger partial charge in [-0.2, -0.15) is 10.2 Å². The van der Waals surface area contributed by atoms with Crippen molar-refractivity contribution in [2.45, 2.75) is 31.3 Å². The molecule has 0 N–H and O–H groups in total. The van der Waals surface area contributed by atoms with Crippen LogP contribution in [0.3, 0.4) is 0 Å². The van der Waals surface area contributed by atoms with Crippen LogP contribution >= 0.6 is 0 Å². The van der Waals surface area contributed by atoms with Crippen molar-refractivity contribution in [3.8, 4) is 23.8 Å². The van der Waals surface area contributed by atoms with Gasteiger partial charge in [-0.3, -0.25) is 4.79 Å². The molecule has 2 aliphatic heterocycles. The lowest BCUT2D eigenvalue weighted by Crippen LogP contribution is -2.49. The van der Waals surface area contributed by atoms with E-state index in [4.69, 9.17) is 15.9 Å². The zero-order chi connectivity index (χ0) is 19.3. The summed E-state index contributed by atoms with van der Waals surface area (Å²) in [5, 5.41) is 8.20. The third-order valence-electron chi connectivity index (χ3n) is 5.13. The number of methoxy groups -OCH3 is 2. The molecule has 2 aliphatic rings. The van der Waals surface area contributed by atoms with Gasteiger partial charge in [0.2, 0.25) is 5.91 Å². The monoisotopic (exact) mass is 370 g/mol. The topological polar surface area (TPSA) is 66.7 Å². The molecule has 1 aromatic rings. The van der Waals surface area contributed by atoms with Crippen molar-refractivity contribution in [2.75, 3.05) is 45.3 Å². The molecule has 1 aromatic carbocycles. The number of hydrogen-bond donors (Lipinski definition) is 0. The van der Waals surface area contributed by atoms with E-state index in [2.05, 4.69) is 21.0 Å². The minimum absolute atomic E-state index is 0.162. The second-order valence-electron chi connectivity index (χ2n) is 6.83. The van der Waals surface area contributed by atoms with Gasteiger partial charge in [-0.05, 0) is 0 Å². The summed E-state index contributed by atoms with van der Waals surface area (Å²) in [5.74, 6) is 4.30. The van der Waals surface area contributed by atoms with Crippen molar-refractivity contribution in [3.63, 3.8) is 0 Å². The average Bonchev–Trinajstić information content (AvgIpc) is 3.50. The van der Waals surface area contributed by atoms with E-state index in [1.165, 1.54) is 0 Å². The lowest BCUT2D eigenvalue weighted by atomic mass is 10.0. The number of benzene rings is 1. The first-order chi connectivity index (χ1) is 13.1. The number of ether oxygens (including phenoxy) is 2. The van der Waals surface area contributed by atoms with Gasteiger partial charge in [0.05, 0.1) is 14.2 Å². The molecule has 144 valence electrons. The largest absolute Gasteiger partial charge is 0.497 e. The van der Waals surface area contributed by atoms with Crippen LogP contribution in [-0.2, 0) is 4.79 Å². The van der Waals surface area contributed by atoms with Crippen molar-refractivity contribution in [2.24, 2.45) is 10.2 Å². The van der Waals surface area contributed by atoms with E-state index in [1.54, 1.807) is 14.2 Å². The van der Waals surface area contributed by atoms with E-state index in [1.807, 2.05) is 23.1 Å². The van der Waals surface area contributed by atoms with E-state index in [0.29, 0.717) is 32.4 Å². The number of hydrogen-bond acceptors (Lipinski definition) is 6. The Bertz CT molecular complexity index is 720. The van der Waals surface area contributed by atoms with Crippen LogP contribution in [0.5, 0.6) is 11.5 Å². The highest BCUT2D eigenvalue weighted by Crippen LogP contribution is 2.37. The second-order valence-corrected chi connectivity index (χ2v) is 6.83. The third-order valence-corrected chi connectivity index (χ3v) is 5.13. The van der Waals surface area contributed by atoms with Crippen LogP contribution in [0, 0.1) is 12.3 Å². The van der Waals surface area contributed by atoms with Gasteiger partial charge >= 0.3 is 0 Å². The number of piperazine rings is 1. The van der Waals surface area contributed by atoms with Crippen LogP contribution < -0.4 is 14.4 Å². The normalized spacial score (nSPS) is 17.4.